The standard InChI is InChI=1S/C16H15Cl2NO3/c1-21-13-5-2-11(3-6-13)9-19-16(20)10-22-15-8-12(17)4-7-14(15)18/h2-8H,9-10H2,1H3,(H,19,20). The van der Waals surface area contributed by atoms with Crippen LogP contribution in [0, 0.1) is 0 Å². The molecule has 0 aromatic heterocycles. The second kappa shape index (κ2) is 7.92. The highest BCUT2D eigenvalue weighted by Crippen LogP contribution is 2.27. The lowest BCUT2D eigenvalue weighted by Crippen LogP contribution is -2.28. The molecule has 4 nitrogen and oxygen atoms in total. The minimum absolute atomic E-state index is 0.129. The molecular weight excluding hydrogens is 325 g/mol. The average molecular weight is 340 g/mol. The molecule has 0 unspecified atom stereocenters. The van der Waals surface area contributed by atoms with E-state index >= 15 is 0 Å². The van der Waals surface area contributed by atoms with Crippen molar-refractivity contribution in [1.29, 1.82) is 0 Å². The Morgan fingerprint density at radius 3 is 2.55 bits per heavy atom. The van der Waals surface area contributed by atoms with E-state index in [1.807, 2.05) is 24.3 Å². The second-order valence-electron chi connectivity index (χ2n) is 4.49. The molecule has 0 fully saturated rings. The van der Waals surface area contributed by atoms with Gasteiger partial charge in [-0.25, -0.2) is 0 Å². The van der Waals surface area contributed by atoms with Crippen LogP contribution in [-0.2, 0) is 11.3 Å². The normalized spacial score (nSPS) is 10.1. The number of carbonyl (C=O) groups is 1. The van der Waals surface area contributed by atoms with Crippen molar-refractivity contribution in [2.75, 3.05) is 13.7 Å². The Balaban J connectivity index is 1.81. The predicted molar refractivity (Wildman–Crippen MR) is 86.8 cm³/mol. The molecule has 0 aliphatic rings. The van der Waals surface area contributed by atoms with E-state index in [0.717, 1.165) is 11.3 Å². The quantitative estimate of drug-likeness (QED) is 0.872. The molecular formula is C16H15Cl2NO3. The maximum absolute atomic E-state index is 11.8. The molecule has 2 aromatic carbocycles. The van der Waals surface area contributed by atoms with Crippen LogP contribution in [0.1, 0.15) is 5.56 Å². The highest BCUT2D eigenvalue weighted by atomic mass is 35.5. The van der Waals surface area contributed by atoms with Gasteiger partial charge in [-0.15, -0.1) is 0 Å². The third-order valence-electron chi connectivity index (χ3n) is 2.90. The van der Waals surface area contributed by atoms with Crippen molar-refractivity contribution in [3.63, 3.8) is 0 Å². The van der Waals surface area contributed by atoms with Gasteiger partial charge >= 0.3 is 0 Å². The van der Waals surface area contributed by atoms with Gasteiger partial charge in [0, 0.05) is 17.6 Å². The van der Waals surface area contributed by atoms with E-state index in [1.165, 1.54) is 0 Å². The number of methoxy groups -OCH3 is 1. The highest BCUT2D eigenvalue weighted by molar-refractivity contribution is 6.34. The third-order valence-corrected chi connectivity index (χ3v) is 3.45. The summed E-state index contributed by atoms with van der Waals surface area (Å²) in [6, 6.07) is 12.3. The van der Waals surface area contributed by atoms with Crippen LogP contribution in [0.2, 0.25) is 10.0 Å². The zero-order valence-corrected chi connectivity index (χ0v) is 13.4. The molecule has 0 radical (unpaired) electrons. The van der Waals surface area contributed by atoms with Gasteiger partial charge in [-0.1, -0.05) is 35.3 Å². The predicted octanol–water partition coefficient (Wildman–Crippen LogP) is 3.70. The fourth-order valence-electron chi connectivity index (χ4n) is 1.73. The first-order valence-electron chi connectivity index (χ1n) is 6.56. The zero-order valence-electron chi connectivity index (χ0n) is 11.9. The Hall–Kier alpha value is -1.91. The van der Waals surface area contributed by atoms with Gasteiger partial charge in [-0.3, -0.25) is 4.79 Å². The number of rotatable bonds is 6. The molecule has 6 heteroatoms. The molecule has 0 bridgehead atoms. The van der Waals surface area contributed by atoms with Crippen molar-refractivity contribution in [1.82, 2.24) is 5.32 Å². The molecule has 0 aliphatic carbocycles. The van der Waals surface area contributed by atoms with Crippen LogP contribution in [0.5, 0.6) is 11.5 Å². The van der Waals surface area contributed by atoms with Gasteiger partial charge in [0.05, 0.1) is 12.1 Å². The first-order valence-corrected chi connectivity index (χ1v) is 7.31. The maximum Gasteiger partial charge on any atom is 0.258 e. The van der Waals surface area contributed by atoms with Gasteiger partial charge in [0.2, 0.25) is 0 Å². The van der Waals surface area contributed by atoms with E-state index in [9.17, 15) is 4.79 Å². The molecule has 1 amide bonds. The Morgan fingerprint density at radius 1 is 1.14 bits per heavy atom. The topological polar surface area (TPSA) is 47.6 Å². The largest absolute Gasteiger partial charge is 0.497 e. The van der Waals surface area contributed by atoms with Crippen molar-refractivity contribution in [3.8, 4) is 11.5 Å². The lowest BCUT2D eigenvalue weighted by molar-refractivity contribution is -0.123. The number of halogens is 2. The second-order valence-corrected chi connectivity index (χ2v) is 5.33. The summed E-state index contributed by atoms with van der Waals surface area (Å²) in [6.45, 7) is 0.283. The number of hydrogen-bond donors (Lipinski definition) is 1. The van der Waals surface area contributed by atoms with Crippen LogP contribution < -0.4 is 14.8 Å². The van der Waals surface area contributed by atoms with E-state index in [4.69, 9.17) is 32.7 Å². The van der Waals surface area contributed by atoms with Gasteiger partial charge < -0.3 is 14.8 Å². The number of hydrogen-bond acceptors (Lipinski definition) is 3. The average Bonchev–Trinajstić information content (AvgIpc) is 2.54. The number of carbonyl (C=O) groups excluding carboxylic acids is 1. The summed E-state index contributed by atoms with van der Waals surface area (Å²) in [4.78, 5) is 11.8. The molecule has 0 spiro atoms. The van der Waals surface area contributed by atoms with E-state index in [1.54, 1.807) is 25.3 Å². The molecule has 0 heterocycles. The number of nitrogens with one attached hydrogen (secondary N) is 1. The van der Waals surface area contributed by atoms with E-state index in [2.05, 4.69) is 5.32 Å². The summed E-state index contributed by atoms with van der Waals surface area (Å²) in [5.41, 5.74) is 0.968. The Bertz CT molecular complexity index is 644. The van der Waals surface area contributed by atoms with Gasteiger partial charge in [-0.05, 0) is 29.8 Å². The van der Waals surface area contributed by atoms with Crippen LogP contribution in [0.4, 0.5) is 0 Å². The molecule has 0 saturated carbocycles. The molecule has 116 valence electrons. The Labute approximate surface area is 138 Å². The van der Waals surface area contributed by atoms with Crippen LogP contribution in [0.15, 0.2) is 42.5 Å². The van der Waals surface area contributed by atoms with Crippen LogP contribution in [0.3, 0.4) is 0 Å². The molecule has 2 aromatic rings. The van der Waals surface area contributed by atoms with Crippen LogP contribution in [0.25, 0.3) is 0 Å². The summed E-state index contributed by atoms with van der Waals surface area (Å²) in [6.07, 6.45) is 0. The van der Waals surface area contributed by atoms with Gasteiger partial charge in [0.25, 0.3) is 5.91 Å². The zero-order chi connectivity index (χ0) is 15.9. The first kappa shape index (κ1) is 16.5. The number of benzene rings is 2. The van der Waals surface area contributed by atoms with E-state index in [-0.39, 0.29) is 12.5 Å². The molecule has 0 saturated heterocycles. The maximum atomic E-state index is 11.8. The fourth-order valence-corrected chi connectivity index (χ4v) is 2.06. The molecule has 2 rings (SSSR count). The Morgan fingerprint density at radius 2 is 1.86 bits per heavy atom. The van der Waals surface area contributed by atoms with Crippen molar-refractivity contribution < 1.29 is 14.3 Å². The number of ether oxygens (including phenoxy) is 2. The minimum atomic E-state index is -0.244. The summed E-state index contributed by atoms with van der Waals surface area (Å²) in [5, 5.41) is 3.67. The number of amides is 1. The van der Waals surface area contributed by atoms with Crippen molar-refractivity contribution in [3.05, 3.63) is 58.1 Å². The van der Waals surface area contributed by atoms with Crippen molar-refractivity contribution in [2.24, 2.45) is 0 Å². The van der Waals surface area contributed by atoms with Gasteiger partial charge in [0.15, 0.2) is 6.61 Å². The lowest BCUT2D eigenvalue weighted by Gasteiger charge is -2.09. The minimum Gasteiger partial charge on any atom is -0.497 e. The van der Waals surface area contributed by atoms with E-state index in [0.29, 0.717) is 22.3 Å². The van der Waals surface area contributed by atoms with Gasteiger partial charge in [0.1, 0.15) is 11.5 Å². The molecule has 0 aliphatic heterocycles. The Kier molecular flexibility index (Phi) is 5.92. The third kappa shape index (κ3) is 4.83. The fraction of sp³-hybridized carbons (Fsp3) is 0.188. The van der Waals surface area contributed by atoms with E-state index < -0.39 is 0 Å². The molecule has 0 atom stereocenters. The molecule has 1 N–H and O–H groups in total. The summed E-state index contributed by atoms with van der Waals surface area (Å²) < 4.78 is 10.4. The summed E-state index contributed by atoms with van der Waals surface area (Å²) in [7, 11) is 1.61. The molecule has 22 heavy (non-hydrogen) atoms. The monoisotopic (exact) mass is 339 g/mol. The van der Waals surface area contributed by atoms with Crippen molar-refractivity contribution >= 4 is 29.1 Å². The van der Waals surface area contributed by atoms with Crippen LogP contribution >= 0.6 is 23.2 Å². The van der Waals surface area contributed by atoms with Crippen LogP contribution in [-0.4, -0.2) is 19.6 Å². The van der Waals surface area contributed by atoms with Crippen molar-refractivity contribution in [2.45, 2.75) is 6.54 Å². The highest BCUT2D eigenvalue weighted by Gasteiger charge is 2.06. The smallest absolute Gasteiger partial charge is 0.258 e. The SMILES string of the molecule is COc1ccc(CNC(=O)COc2cc(Cl)ccc2Cl)cc1. The summed E-state index contributed by atoms with van der Waals surface area (Å²) >= 11 is 11.8. The summed E-state index contributed by atoms with van der Waals surface area (Å²) in [5.74, 6) is 0.912. The van der Waals surface area contributed by atoms with Gasteiger partial charge in [-0.2, -0.15) is 0 Å². The lowest BCUT2D eigenvalue weighted by atomic mass is 10.2. The first-order chi connectivity index (χ1) is 10.6.